The number of alkyl halides is 1. The molecule has 8 heavy (non-hydrogen) atoms. The molecular formula is C5H7BBrN. The highest BCUT2D eigenvalue weighted by molar-refractivity contribution is 9.09. The second-order valence-electron chi connectivity index (χ2n) is 1.87. The maximum absolute atomic E-state index is 5.43. The van der Waals surface area contributed by atoms with Crippen LogP contribution < -0.4 is 5.32 Å². The van der Waals surface area contributed by atoms with E-state index in [1.165, 1.54) is 0 Å². The highest BCUT2D eigenvalue weighted by atomic mass is 79.9. The molecule has 1 unspecified atom stereocenters. The van der Waals surface area contributed by atoms with Crippen LogP contribution in [0.1, 0.15) is 6.42 Å². The first-order chi connectivity index (χ1) is 3.79. The molecule has 42 valence electrons. The number of hydrogen-bond donors (Lipinski definition) is 1. The van der Waals surface area contributed by atoms with Gasteiger partial charge in [0.05, 0.1) is 0 Å². The number of halogens is 1. The van der Waals surface area contributed by atoms with Crippen molar-refractivity contribution in [1.29, 1.82) is 0 Å². The summed E-state index contributed by atoms with van der Waals surface area (Å²) in [5.74, 6) is 0. The molecule has 0 amide bonds. The van der Waals surface area contributed by atoms with Gasteiger partial charge in [-0.2, -0.15) is 0 Å². The van der Waals surface area contributed by atoms with Gasteiger partial charge in [-0.25, -0.2) is 0 Å². The lowest BCUT2D eigenvalue weighted by Crippen LogP contribution is -2.26. The largest absolute Gasteiger partial charge is 0.396 e. The Balaban J connectivity index is 2.42. The molecular weight excluding hydrogens is 165 g/mol. The standard InChI is InChI=1S/C5H7BBrN/c6-5-2-1-4(7)3-8-5/h2,4,8H,1,3H2. The third-order valence-electron chi connectivity index (χ3n) is 1.12. The van der Waals surface area contributed by atoms with E-state index in [2.05, 4.69) is 21.2 Å². The molecule has 0 aromatic carbocycles. The van der Waals surface area contributed by atoms with Crippen molar-refractivity contribution >= 4 is 23.8 Å². The molecule has 1 N–H and O–H groups in total. The molecule has 2 radical (unpaired) electrons. The average Bonchev–Trinajstić information content (AvgIpc) is 1.77. The first-order valence-electron chi connectivity index (χ1n) is 2.62. The predicted molar refractivity (Wildman–Crippen MR) is 39.2 cm³/mol. The summed E-state index contributed by atoms with van der Waals surface area (Å²) in [6, 6.07) is 0. The minimum absolute atomic E-state index is 0.565. The number of nitrogens with one attached hydrogen (secondary N) is 1. The summed E-state index contributed by atoms with van der Waals surface area (Å²) in [5, 5.41) is 3.02. The molecule has 0 aromatic heterocycles. The van der Waals surface area contributed by atoms with Gasteiger partial charge in [-0.05, 0) is 12.0 Å². The van der Waals surface area contributed by atoms with Gasteiger partial charge in [-0.15, -0.1) is 0 Å². The third-order valence-corrected chi connectivity index (χ3v) is 1.82. The first kappa shape index (κ1) is 6.21. The van der Waals surface area contributed by atoms with E-state index in [1.807, 2.05) is 6.08 Å². The minimum Gasteiger partial charge on any atom is -0.396 e. The Kier molecular flexibility index (Phi) is 2.00. The molecule has 0 aromatic rings. The number of rotatable bonds is 0. The van der Waals surface area contributed by atoms with Gasteiger partial charge >= 0.3 is 0 Å². The van der Waals surface area contributed by atoms with E-state index in [-0.39, 0.29) is 0 Å². The summed E-state index contributed by atoms with van der Waals surface area (Å²) >= 11 is 3.45. The summed E-state index contributed by atoms with van der Waals surface area (Å²) in [4.78, 5) is 0.565. The molecule has 0 spiro atoms. The number of hydrogen-bond acceptors (Lipinski definition) is 1. The Morgan fingerprint density at radius 2 is 2.62 bits per heavy atom. The van der Waals surface area contributed by atoms with Gasteiger partial charge in [0.25, 0.3) is 0 Å². The van der Waals surface area contributed by atoms with Crippen LogP contribution in [-0.4, -0.2) is 19.2 Å². The van der Waals surface area contributed by atoms with Gasteiger partial charge in [0.1, 0.15) is 7.85 Å². The Morgan fingerprint density at radius 1 is 1.88 bits per heavy atom. The zero-order valence-electron chi connectivity index (χ0n) is 4.52. The van der Waals surface area contributed by atoms with Crippen molar-refractivity contribution in [2.75, 3.05) is 6.54 Å². The van der Waals surface area contributed by atoms with Crippen LogP contribution in [0.15, 0.2) is 11.7 Å². The van der Waals surface area contributed by atoms with Crippen LogP contribution in [0.25, 0.3) is 0 Å². The minimum atomic E-state index is 0.565. The van der Waals surface area contributed by atoms with E-state index in [9.17, 15) is 0 Å². The molecule has 3 heteroatoms. The maximum Gasteiger partial charge on any atom is 0.137 e. The third kappa shape index (κ3) is 1.55. The molecule has 0 fully saturated rings. The molecule has 1 aliphatic heterocycles. The van der Waals surface area contributed by atoms with Gasteiger partial charge in [-0.3, -0.25) is 0 Å². The van der Waals surface area contributed by atoms with Crippen molar-refractivity contribution in [2.45, 2.75) is 11.2 Å². The predicted octanol–water partition coefficient (Wildman–Crippen LogP) is 0.753. The van der Waals surface area contributed by atoms with Gasteiger partial charge in [0.2, 0.25) is 0 Å². The van der Waals surface area contributed by atoms with Gasteiger partial charge in [-0.1, -0.05) is 22.0 Å². The molecule has 1 atom stereocenters. The summed E-state index contributed by atoms with van der Waals surface area (Å²) in [6.45, 7) is 0.947. The van der Waals surface area contributed by atoms with Crippen molar-refractivity contribution in [1.82, 2.24) is 5.32 Å². The fourth-order valence-electron chi connectivity index (χ4n) is 0.639. The zero-order valence-corrected chi connectivity index (χ0v) is 6.11. The first-order valence-corrected chi connectivity index (χ1v) is 3.54. The molecule has 0 saturated carbocycles. The lowest BCUT2D eigenvalue weighted by molar-refractivity contribution is 0.741. The number of allylic oxidation sites excluding steroid dienone is 1. The van der Waals surface area contributed by atoms with Crippen LogP contribution in [0.2, 0.25) is 0 Å². The Labute approximate surface area is 59.1 Å². The Morgan fingerprint density at radius 3 is 3.00 bits per heavy atom. The molecule has 1 rings (SSSR count). The molecule has 0 bridgehead atoms. The molecule has 0 aliphatic carbocycles. The van der Waals surface area contributed by atoms with Crippen molar-refractivity contribution in [3.63, 3.8) is 0 Å². The highest BCUT2D eigenvalue weighted by Crippen LogP contribution is 2.09. The van der Waals surface area contributed by atoms with E-state index in [4.69, 9.17) is 7.85 Å². The lowest BCUT2D eigenvalue weighted by atomic mass is 10.00. The molecule has 1 heterocycles. The zero-order chi connectivity index (χ0) is 5.98. The molecule has 0 saturated heterocycles. The highest BCUT2D eigenvalue weighted by Gasteiger charge is 2.05. The van der Waals surface area contributed by atoms with E-state index >= 15 is 0 Å². The van der Waals surface area contributed by atoms with Crippen LogP contribution in [0.4, 0.5) is 0 Å². The summed E-state index contributed by atoms with van der Waals surface area (Å²) in [7, 11) is 5.43. The van der Waals surface area contributed by atoms with Crippen LogP contribution >= 0.6 is 15.9 Å². The van der Waals surface area contributed by atoms with Crippen LogP contribution in [-0.2, 0) is 0 Å². The SMILES string of the molecule is [B]C1=CCC(Br)CN1. The topological polar surface area (TPSA) is 12.0 Å². The average molecular weight is 172 g/mol. The Bertz CT molecular complexity index is 113. The van der Waals surface area contributed by atoms with Crippen molar-refractivity contribution in [3.05, 3.63) is 11.7 Å². The summed E-state index contributed by atoms with van der Waals surface area (Å²) < 4.78 is 0. The van der Waals surface area contributed by atoms with E-state index in [0.29, 0.717) is 4.83 Å². The quantitative estimate of drug-likeness (QED) is 0.419. The summed E-state index contributed by atoms with van der Waals surface area (Å²) in [6.07, 6.45) is 3.03. The van der Waals surface area contributed by atoms with E-state index in [0.717, 1.165) is 18.6 Å². The van der Waals surface area contributed by atoms with Gasteiger partial charge < -0.3 is 5.32 Å². The van der Waals surface area contributed by atoms with Gasteiger partial charge in [0, 0.05) is 11.4 Å². The molecule has 1 aliphatic rings. The Hall–Kier alpha value is 0.0849. The fourth-order valence-corrected chi connectivity index (χ4v) is 0.988. The second-order valence-corrected chi connectivity index (χ2v) is 3.17. The summed E-state index contributed by atoms with van der Waals surface area (Å²) in [5.41, 5.74) is 0.806. The van der Waals surface area contributed by atoms with Crippen LogP contribution in [0.3, 0.4) is 0 Å². The lowest BCUT2D eigenvalue weighted by Gasteiger charge is -2.16. The van der Waals surface area contributed by atoms with E-state index < -0.39 is 0 Å². The smallest absolute Gasteiger partial charge is 0.137 e. The normalized spacial score (nSPS) is 28.6. The van der Waals surface area contributed by atoms with Crippen LogP contribution in [0, 0.1) is 0 Å². The second kappa shape index (κ2) is 2.58. The van der Waals surface area contributed by atoms with Crippen molar-refractivity contribution < 1.29 is 0 Å². The van der Waals surface area contributed by atoms with Crippen LogP contribution in [0.5, 0.6) is 0 Å². The van der Waals surface area contributed by atoms with Crippen molar-refractivity contribution in [2.24, 2.45) is 0 Å². The molecule has 1 nitrogen and oxygen atoms in total. The maximum atomic E-state index is 5.43. The van der Waals surface area contributed by atoms with E-state index in [1.54, 1.807) is 0 Å². The monoisotopic (exact) mass is 171 g/mol. The fraction of sp³-hybridized carbons (Fsp3) is 0.600. The van der Waals surface area contributed by atoms with Crippen molar-refractivity contribution in [3.8, 4) is 0 Å². The van der Waals surface area contributed by atoms with Gasteiger partial charge in [0.15, 0.2) is 0 Å².